The summed E-state index contributed by atoms with van der Waals surface area (Å²) in [5.74, 6) is 2.52. The van der Waals surface area contributed by atoms with Crippen LogP contribution in [-0.2, 0) is 6.54 Å². The zero-order chi connectivity index (χ0) is 13.5. The third-order valence-electron chi connectivity index (χ3n) is 2.70. The van der Waals surface area contributed by atoms with Crippen LogP contribution in [0.2, 0.25) is 0 Å². The number of ether oxygens (including phenoxy) is 1. The van der Waals surface area contributed by atoms with Crippen LogP contribution in [0.1, 0.15) is 26.0 Å². The largest absolute Gasteiger partial charge is 0.492 e. The molecule has 0 aliphatic heterocycles. The van der Waals surface area contributed by atoms with Gasteiger partial charge >= 0.3 is 0 Å². The highest BCUT2D eigenvalue weighted by molar-refractivity contribution is 5.58. The first kappa shape index (κ1) is 13.6. The molecule has 0 aromatic carbocycles. The van der Waals surface area contributed by atoms with Gasteiger partial charge in [0.15, 0.2) is 0 Å². The molecule has 0 saturated carbocycles. The van der Waals surface area contributed by atoms with Crippen molar-refractivity contribution in [1.82, 2.24) is 10.3 Å². The van der Waals surface area contributed by atoms with Gasteiger partial charge in [0.05, 0.1) is 19.3 Å². The fraction of sp³-hybridized carbons (Fsp3) is 0.400. The van der Waals surface area contributed by atoms with Crippen LogP contribution in [0.15, 0.2) is 35.0 Å². The number of furan rings is 1. The number of nitrogens with one attached hydrogen (secondary N) is 1. The van der Waals surface area contributed by atoms with Crippen LogP contribution in [0, 0.1) is 0 Å². The van der Waals surface area contributed by atoms with Gasteiger partial charge in [0.1, 0.15) is 17.3 Å². The molecule has 0 aliphatic carbocycles. The Morgan fingerprint density at radius 1 is 1.26 bits per heavy atom. The van der Waals surface area contributed by atoms with E-state index in [1.807, 2.05) is 25.1 Å². The molecule has 1 N–H and O–H groups in total. The number of hydrogen-bond acceptors (Lipinski definition) is 4. The molecule has 0 spiro atoms. The molecule has 19 heavy (non-hydrogen) atoms. The predicted octanol–water partition coefficient (Wildman–Crippen LogP) is 3.24. The highest BCUT2D eigenvalue weighted by atomic mass is 16.5. The first-order valence-electron chi connectivity index (χ1n) is 6.71. The van der Waals surface area contributed by atoms with E-state index in [-0.39, 0.29) is 0 Å². The number of rotatable bonds is 7. The summed E-state index contributed by atoms with van der Waals surface area (Å²) in [5.41, 5.74) is 0.938. The van der Waals surface area contributed by atoms with Crippen molar-refractivity contribution in [3.8, 4) is 17.1 Å². The Labute approximate surface area is 113 Å². The van der Waals surface area contributed by atoms with Gasteiger partial charge in [-0.15, -0.1) is 0 Å². The normalized spacial score (nSPS) is 10.6. The molecule has 4 heteroatoms. The molecule has 2 aromatic rings. The van der Waals surface area contributed by atoms with Crippen LogP contribution in [0.5, 0.6) is 5.75 Å². The monoisotopic (exact) mass is 260 g/mol. The van der Waals surface area contributed by atoms with Crippen molar-refractivity contribution in [3.05, 3.63) is 36.4 Å². The van der Waals surface area contributed by atoms with Crippen LogP contribution < -0.4 is 10.1 Å². The molecule has 0 bridgehead atoms. The van der Waals surface area contributed by atoms with Crippen molar-refractivity contribution in [3.63, 3.8) is 0 Å². The zero-order valence-corrected chi connectivity index (χ0v) is 11.5. The fourth-order valence-corrected chi connectivity index (χ4v) is 1.82. The minimum Gasteiger partial charge on any atom is -0.492 e. The summed E-state index contributed by atoms with van der Waals surface area (Å²) in [5, 5.41) is 3.31. The van der Waals surface area contributed by atoms with Crippen LogP contribution in [0.3, 0.4) is 0 Å². The van der Waals surface area contributed by atoms with Gasteiger partial charge in [-0.1, -0.05) is 6.92 Å². The summed E-state index contributed by atoms with van der Waals surface area (Å²) in [6, 6.07) is 5.90. The average Bonchev–Trinajstić information content (AvgIpc) is 2.89. The van der Waals surface area contributed by atoms with Gasteiger partial charge in [0, 0.05) is 11.8 Å². The SMILES string of the molecule is CCCNCc1ccc(-c2cncc(OCC)c2)o1. The predicted molar refractivity (Wildman–Crippen MR) is 75.1 cm³/mol. The van der Waals surface area contributed by atoms with E-state index in [1.54, 1.807) is 12.4 Å². The molecule has 0 fully saturated rings. The molecule has 4 nitrogen and oxygen atoms in total. The third-order valence-corrected chi connectivity index (χ3v) is 2.70. The molecule has 0 radical (unpaired) electrons. The van der Waals surface area contributed by atoms with Crippen molar-refractivity contribution in [2.24, 2.45) is 0 Å². The van der Waals surface area contributed by atoms with E-state index >= 15 is 0 Å². The number of hydrogen-bond donors (Lipinski definition) is 1. The Kier molecular flexibility index (Phi) is 4.98. The maximum absolute atomic E-state index is 5.79. The smallest absolute Gasteiger partial charge is 0.138 e. The fourth-order valence-electron chi connectivity index (χ4n) is 1.82. The lowest BCUT2D eigenvalue weighted by molar-refractivity contribution is 0.339. The second-order valence-corrected chi connectivity index (χ2v) is 4.29. The molecular formula is C15H20N2O2. The van der Waals surface area contributed by atoms with Gasteiger partial charge in [-0.2, -0.15) is 0 Å². The van der Waals surface area contributed by atoms with Crippen molar-refractivity contribution in [1.29, 1.82) is 0 Å². The molecule has 0 atom stereocenters. The second kappa shape index (κ2) is 6.95. The van der Waals surface area contributed by atoms with E-state index in [0.717, 1.165) is 42.3 Å². The molecular weight excluding hydrogens is 240 g/mol. The highest BCUT2D eigenvalue weighted by Crippen LogP contribution is 2.24. The Bertz CT molecular complexity index is 508. The summed E-state index contributed by atoms with van der Waals surface area (Å²) >= 11 is 0. The average molecular weight is 260 g/mol. The summed E-state index contributed by atoms with van der Waals surface area (Å²) in [4.78, 5) is 4.16. The molecule has 2 aromatic heterocycles. The first-order valence-corrected chi connectivity index (χ1v) is 6.71. The minimum atomic E-state index is 0.634. The van der Waals surface area contributed by atoms with Gasteiger partial charge in [-0.25, -0.2) is 0 Å². The van der Waals surface area contributed by atoms with Crippen LogP contribution >= 0.6 is 0 Å². The quantitative estimate of drug-likeness (QED) is 0.776. The third kappa shape index (κ3) is 3.83. The summed E-state index contributed by atoms with van der Waals surface area (Å²) in [7, 11) is 0. The van der Waals surface area contributed by atoms with Gasteiger partial charge in [0.25, 0.3) is 0 Å². The van der Waals surface area contributed by atoms with Gasteiger partial charge in [-0.05, 0) is 38.1 Å². The lowest BCUT2D eigenvalue weighted by Crippen LogP contribution is -2.12. The van der Waals surface area contributed by atoms with Gasteiger partial charge < -0.3 is 14.5 Å². The molecule has 0 saturated heterocycles. The second-order valence-electron chi connectivity index (χ2n) is 4.29. The minimum absolute atomic E-state index is 0.634. The van der Waals surface area contributed by atoms with Crippen LogP contribution in [0.25, 0.3) is 11.3 Å². The van der Waals surface area contributed by atoms with Crippen molar-refractivity contribution >= 4 is 0 Å². The topological polar surface area (TPSA) is 47.3 Å². The van der Waals surface area contributed by atoms with Crippen molar-refractivity contribution in [2.75, 3.05) is 13.2 Å². The van der Waals surface area contributed by atoms with E-state index in [1.165, 1.54) is 0 Å². The lowest BCUT2D eigenvalue weighted by Gasteiger charge is -2.03. The molecule has 102 valence electrons. The zero-order valence-electron chi connectivity index (χ0n) is 11.5. The Morgan fingerprint density at radius 3 is 2.95 bits per heavy atom. The molecule has 0 unspecified atom stereocenters. The maximum Gasteiger partial charge on any atom is 0.138 e. The van der Waals surface area contributed by atoms with E-state index in [4.69, 9.17) is 9.15 Å². The Hall–Kier alpha value is -1.81. The van der Waals surface area contributed by atoms with Crippen molar-refractivity contribution in [2.45, 2.75) is 26.8 Å². The molecule has 0 aliphatic rings. The molecule has 2 heterocycles. The van der Waals surface area contributed by atoms with Gasteiger partial charge in [0.2, 0.25) is 0 Å². The van der Waals surface area contributed by atoms with Gasteiger partial charge in [-0.3, -0.25) is 4.98 Å². The first-order chi connectivity index (χ1) is 9.33. The highest BCUT2D eigenvalue weighted by Gasteiger charge is 2.06. The Morgan fingerprint density at radius 2 is 2.16 bits per heavy atom. The maximum atomic E-state index is 5.79. The van der Waals surface area contributed by atoms with E-state index in [9.17, 15) is 0 Å². The standard InChI is InChI=1S/C15H20N2O2/c1-3-7-16-10-13-5-6-15(19-13)12-8-14(18-4-2)11-17-9-12/h5-6,8-9,11,16H,3-4,7,10H2,1-2H3. The van der Waals surface area contributed by atoms with E-state index in [0.29, 0.717) is 6.61 Å². The number of nitrogens with zero attached hydrogens (tertiary/aromatic N) is 1. The van der Waals surface area contributed by atoms with Crippen molar-refractivity contribution < 1.29 is 9.15 Å². The summed E-state index contributed by atoms with van der Waals surface area (Å²) in [6.07, 6.45) is 4.61. The molecule has 2 rings (SSSR count). The number of aromatic nitrogens is 1. The summed E-state index contributed by atoms with van der Waals surface area (Å²) < 4.78 is 11.2. The van der Waals surface area contributed by atoms with E-state index in [2.05, 4.69) is 17.2 Å². The molecule has 0 amide bonds. The lowest BCUT2D eigenvalue weighted by atomic mass is 10.2. The Balaban J connectivity index is 2.07. The number of pyridine rings is 1. The van der Waals surface area contributed by atoms with E-state index < -0.39 is 0 Å². The van der Waals surface area contributed by atoms with Crippen LogP contribution in [-0.4, -0.2) is 18.1 Å². The van der Waals surface area contributed by atoms with Crippen LogP contribution in [0.4, 0.5) is 0 Å². The summed E-state index contributed by atoms with van der Waals surface area (Å²) in [6.45, 7) is 6.49.